The molecule has 0 bridgehead atoms. The van der Waals surface area contributed by atoms with Gasteiger partial charge in [0.2, 0.25) is 5.91 Å². The predicted molar refractivity (Wildman–Crippen MR) is 96.2 cm³/mol. The average Bonchev–Trinajstić information content (AvgIpc) is 3.06. The number of nitrogens with zero attached hydrogens (tertiary/aromatic N) is 2. The van der Waals surface area contributed by atoms with Crippen LogP contribution < -0.4 is 10.2 Å². The lowest BCUT2D eigenvalue weighted by molar-refractivity contribution is -0.133. The van der Waals surface area contributed by atoms with Crippen molar-refractivity contribution in [1.29, 1.82) is 0 Å². The zero-order chi connectivity index (χ0) is 16.9. The smallest absolute Gasteiger partial charge is 0.237 e. The lowest BCUT2D eigenvalue weighted by Crippen LogP contribution is -2.47. The number of rotatable bonds is 5. The molecule has 2 aliphatic heterocycles. The minimum atomic E-state index is 0.185. The van der Waals surface area contributed by atoms with Crippen molar-refractivity contribution < 1.29 is 9.53 Å². The Kier molecular flexibility index (Phi) is 5.74. The molecule has 1 amide bonds. The molecule has 1 fully saturated rings. The van der Waals surface area contributed by atoms with Gasteiger partial charge in [0.25, 0.3) is 0 Å². The monoisotopic (exact) mass is 331 g/mol. The van der Waals surface area contributed by atoms with E-state index in [9.17, 15) is 4.79 Å². The third-order valence-electron chi connectivity index (χ3n) is 5.13. The Bertz CT molecular complexity index is 557. The standard InChI is InChI=1S/C19H29N3O2/c1-3-16-14-21(2)18-9-5-4-7-15(18)13-22(16)19(23)12-20-11-17-8-6-10-24-17/h4-5,7,9,16-17,20H,3,6,8,10-14H2,1-2H3/t16-,17-/m0/s1. The van der Waals surface area contributed by atoms with Crippen molar-refractivity contribution >= 4 is 11.6 Å². The third-order valence-corrected chi connectivity index (χ3v) is 5.13. The third kappa shape index (κ3) is 3.90. The Morgan fingerprint density at radius 2 is 2.21 bits per heavy atom. The van der Waals surface area contributed by atoms with E-state index in [4.69, 9.17) is 4.74 Å². The second-order valence-corrected chi connectivity index (χ2v) is 6.86. The molecule has 2 aliphatic rings. The number of hydrogen-bond acceptors (Lipinski definition) is 4. The van der Waals surface area contributed by atoms with E-state index in [0.717, 1.165) is 39.0 Å². The Balaban J connectivity index is 1.64. The lowest BCUT2D eigenvalue weighted by atomic mass is 10.1. The van der Waals surface area contributed by atoms with Crippen LogP contribution in [0.1, 0.15) is 31.7 Å². The fourth-order valence-corrected chi connectivity index (χ4v) is 3.73. The zero-order valence-electron chi connectivity index (χ0n) is 14.8. The quantitative estimate of drug-likeness (QED) is 0.896. The van der Waals surface area contributed by atoms with Gasteiger partial charge in [0.05, 0.1) is 12.6 Å². The van der Waals surface area contributed by atoms with Gasteiger partial charge in [0, 0.05) is 45.0 Å². The summed E-state index contributed by atoms with van der Waals surface area (Å²) in [5.74, 6) is 0.185. The first kappa shape index (κ1) is 17.2. The van der Waals surface area contributed by atoms with Crippen LogP contribution in [0.25, 0.3) is 0 Å². The number of anilines is 1. The summed E-state index contributed by atoms with van der Waals surface area (Å²) in [7, 11) is 2.12. The molecule has 5 heteroatoms. The molecule has 1 saturated heterocycles. The predicted octanol–water partition coefficient (Wildman–Crippen LogP) is 2.01. The molecule has 132 valence electrons. The van der Waals surface area contributed by atoms with Crippen molar-refractivity contribution in [1.82, 2.24) is 10.2 Å². The highest BCUT2D eigenvalue weighted by atomic mass is 16.5. The lowest BCUT2D eigenvalue weighted by Gasteiger charge is -2.31. The van der Waals surface area contributed by atoms with Crippen molar-refractivity contribution in [3.05, 3.63) is 29.8 Å². The molecule has 2 heterocycles. The van der Waals surface area contributed by atoms with E-state index in [1.54, 1.807) is 0 Å². The fraction of sp³-hybridized carbons (Fsp3) is 0.632. The molecule has 5 nitrogen and oxygen atoms in total. The minimum absolute atomic E-state index is 0.185. The normalized spacial score (nSPS) is 23.9. The van der Waals surface area contributed by atoms with Gasteiger partial charge in [-0.25, -0.2) is 0 Å². The summed E-state index contributed by atoms with van der Waals surface area (Å²) >= 11 is 0. The van der Waals surface area contributed by atoms with Crippen molar-refractivity contribution in [2.45, 2.75) is 44.9 Å². The Morgan fingerprint density at radius 1 is 1.38 bits per heavy atom. The maximum atomic E-state index is 12.8. The largest absolute Gasteiger partial charge is 0.377 e. The van der Waals surface area contributed by atoms with Crippen LogP contribution in [0.5, 0.6) is 0 Å². The van der Waals surface area contributed by atoms with E-state index in [1.807, 2.05) is 4.90 Å². The SMILES string of the molecule is CC[C@H]1CN(C)c2ccccc2CN1C(=O)CNC[C@@H]1CCCO1. The first-order chi connectivity index (χ1) is 11.7. The first-order valence-corrected chi connectivity index (χ1v) is 9.10. The number of para-hydroxylation sites is 1. The number of benzene rings is 1. The molecule has 0 saturated carbocycles. The Labute approximate surface area is 145 Å². The summed E-state index contributed by atoms with van der Waals surface area (Å²) in [5, 5.41) is 3.29. The van der Waals surface area contributed by atoms with Gasteiger partial charge in [-0.1, -0.05) is 25.1 Å². The Morgan fingerprint density at radius 3 is 2.96 bits per heavy atom. The number of nitrogens with one attached hydrogen (secondary N) is 1. The molecule has 0 aromatic heterocycles. The molecule has 0 radical (unpaired) electrons. The average molecular weight is 331 g/mol. The van der Waals surface area contributed by atoms with Crippen molar-refractivity contribution in [3.8, 4) is 0 Å². The Hall–Kier alpha value is -1.59. The van der Waals surface area contributed by atoms with Crippen LogP contribution in [-0.4, -0.2) is 56.2 Å². The van der Waals surface area contributed by atoms with Crippen LogP contribution in [-0.2, 0) is 16.1 Å². The van der Waals surface area contributed by atoms with E-state index >= 15 is 0 Å². The highest BCUT2D eigenvalue weighted by Crippen LogP contribution is 2.27. The number of carbonyl (C=O) groups excluding carboxylic acids is 1. The summed E-state index contributed by atoms with van der Waals surface area (Å²) in [6, 6.07) is 8.64. The van der Waals surface area contributed by atoms with Gasteiger partial charge in [0.15, 0.2) is 0 Å². The molecule has 3 rings (SSSR count). The number of fused-ring (bicyclic) bond motifs is 1. The summed E-state index contributed by atoms with van der Waals surface area (Å²) in [5.41, 5.74) is 2.46. The first-order valence-electron chi connectivity index (χ1n) is 9.10. The number of ether oxygens (including phenoxy) is 1. The second kappa shape index (κ2) is 7.99. The van der Waals surface area contributed by atoms with Crippen LogP contribution in [0.4, 0.5) is 5.69 Å². The maximum Gasteiger partial charge on any atom is 0.237 e. The molecular formula is C19H29N3O2. The number of hydrogen-bond donors (Lipinski definition) is 1. The molecule has 1 N–H and O–H groups in total. The summed E-state index contributed by atoms with van der Waals surface area (Å²) in [4.78, 5) is 17.1. The van der Waals surface area contributed by atoms with E-state index in [0.29, 0.717) is 13.1 Å². The number of likely N-dealkylation sites (N-methyl/N-ethyl adjacent to an activating group) is 1. The molecular weight excluding hydrogens is 302 g/mol. The van der Waals surface area contributed by atoms with Gasteiger partial charge >= 0.3 is 0 Å². The van der Waals surface area contributed by atoms with Crippen LogP contribution in [0.3, 0.4) is 0 Å². The van der Waals surface area contributed by atoms with E-state index in [-0.39, 0.29) is 18.1 Å². The molecule has 0 aliphatic carbocycles. The topological polar surface area (TPSA) is 44.8 Å². The van der Waals surface area contributed by atoms with Gasteiger partial charge in [-0.05, 0) is 30.9 Å². The van der Waals surface area contributed by atoms with E-state index < -0.39 is 0 Å². The van der Waals surface area contributed by atoms with Crippen molar-refractivity contribution in [2.24, 2.45) is 0 Å². The number of carbonyl (C=O) groups is 1. The van der Waals surface area contributed by atoms with Gasteiger partial charge in [-0.2, -0.15) is 0 Å². The fourth-order valence-electron chi connectivity index (χ4n) is 3.73. The van der Waals surface area contributed by atoms with Crippen molar-refractivity contribution in [2.75, 3.05) is 38.2 Å². The highest BCUT2D eigenvalue weighted by molar-refractivity contribution is 5.79. The number of amides is 1. The minimum Gasteiger partial charge on any atom is -0.377 e. The maximum absolute atomic E-state index is 12.8. The van der Waals surface area contributed by atoms with Crippen LogP contribution in [0, 0.1) is 0 Å². The molecule has 1 aromatic rings. The summed E-state index contributed by atoms with van der Waals surface area (Å²) < 4.78 is 5.61. The van der Waals surface area contributed by atoms with Gasteiger partial charge < -0.3 is 19.9 Å². The summed E-state index contributed by atoms with van der Waals surface area (Å²) in [6.45, 7) is 5.75. The van der Waals surface area contributed by atoms with E-state index in [2.05, 4.69) is 48.5 Å². The highest BCUT2D eigenvalue weighted by Gasteiger charge is 2.28. The second-order valence-electron chi connectivity index (χ2n) is 6.86. The summed E-state index contributed by atoms with van der Waals surface area (Å²) in [6.07, 6.45) is 3.47. The van der Waals surface area contributed by atoms with Crippen LogP contribution in [0.2, 0.25) is 0 Å². The van der Waals surface area contributed by atoms with Gasteiger partial charge in [-0.3, -0.25) is 4.79 Å². The van der Waals surface area contributed by atoms with Crippen LogP contribution in [0.15, 0.2) is 24.3 Å². The molecule has 2 atom stereocenters. The molecule has 24 heavy (non-hydrogen) atoms. The molecule has 1 aromatic carbocycles. The molecule has 0 spiro atoms. The van der Waals surface area contributed by atoms with Gasteiger partial charge in [0.1, 0.15) is 0 Å². The van der Waals surface area contributed by atoms with Crippen LogP contribution >= 0.6 is 0 Å². The zero-order valence-corrected chi connectivity index (χ0v) is 14.8. The van der Waals surface area contributed by atoms with E-state index in [1.165, 1.54) is 11.3 Å². The molecule has 0 unspecified atom stereocenters. The van der Waals surface area contributed by atoms with Gasteiger partial charge in [-0.15, -0.1) is 0 Å². The van der Waals surface area contributed by atoms with Crippen molar-refractivity contribution in [3.63, 3.8) is 0 Å².